The minimum absolute atomic E-state index is 0.0135. The summed E-state index contributed by atoms with van der Waals surface area (Å²) in [6, 6.07) is 2.41. The monoisotopic (exact) mass is 442 g/mol. The van der Waals surface area contributed by atoms with E-state index in [4.69, 9.17) is 14.2 Å². The van der Waals surface area contributed by atoms with Crippen LogP contribution in [0.15, 0.2) is 18.2 Å². The van der Waals surface area contributed by atoms with Crippen LogP contribution in [0.1, 0.15) is 59.6 Å². The highest BCUT2D eigenvalue weighted by molar-refractivity contribution is 5.68. The number of hydrogen-bond donors (Lipinski definition) is 2. The summed E-state index contributed by atoms with van der Waals surface area (Å²) in [5.74, 6) is -1.42. The van der Waals surface area contributed by atoms with Crippen LogP contribution in [0.4, 0.5) is 18.4 Å². The van der Waals surface area contributed by atoms with E-state index in [1.807, 2.05) is 0 Å². The maximum Gasteiger partial charge on any atom is 0.407 e. The molecular formula is C22H32F2N2O5. The van der Waals surface area contributed by atoms with Crippen LogP contribution in [0.5, 0.6) is 0 Å². The van der Waals surface area contributed by atoms with Gasteiger partial charge in [-0.15, -0.1) is 0 Å². The second-order valence-corrected chi connectivity index (χ2v) is 9.66. The van der Waals surface area contributed by atoms with Crippen LogP contribution in [0.2, 0.25) is 0 Å². The number of alkyl carbamates (subject to hydrolysis) is 2. The number of amides is 2. The average Bonchev–Trinajstić information content (AvgIpc) is 2.59. The molecule has 0 unspecified atom stereocenters. The molecule has 0 bridgehead atoms. The fourth-order valence-corrected chi connectivity index (χ4v) is 3.22. The van der Waals surface area contributed by atoms with Crippen molar-refractivity contribution in [1.29, 1.82) is 0 Å². The summed E-state index contributed by atoms with van der Waals surface area (Å²) in [6.45, 7) is 10.9. The lowest BCUT2D eigenvalue weighted by molar-refractivity contribution is -0.0452. The molecule has 2 amide bonds. The molecule has 1 aliphatic rings. The van der Waals surface area contributed by atoms with Gasteiger partial charge in [0, 0.05) is 18.0 Å². The van der Waals surface area contributed by atoms with Gasteiger partial charge >= 0.3 is 12.2 Å². The minimum Gasteiger partial charge on any atom is -0.444 e. The van der Waals surface area contributed by atoms with Gasteiger partial charge in [0.05, 0.1) is 12.6 Å². The van der Waals surface area contributed by atoms with Crippen LogP contribution in [-0.2, 0) is 14.2 Å². The van der Waals surface area contributed by atoms with E-state index >= 15 is 0 Å². The lowest BCUT2D eigenvalue weighted by atomic mass is 9.89. The molecule has 1 aliphatic heterocycles. The van der Waals surface area contributed by atoms with Crippen molar-refractivity contribution in [2.24, 2.45) is 5.92 Å². The van der Waals surface area contributed by atoms with Gasteiger partial charge in [-0.2, -0.15) is 0 Å². The predicted molar refractivity (Wildman–Crippen MR) is 111 cm³/mol. The van der Waals surface area contributed by atoms with E-state index in [-0.39, 0.29) is 24.6 Å². The Bertz CT molecular complexity index is 789. The molecule has 1 saturated heterocycles. The molecule has 9 heteroatoms. The molecule has 0 aliphatic carbocycles. The highest BCUT2D eigenvalue weighted by atomic mass is 19.1. The van der Waals surface area contributed by atoms with E-state index in [1.165, 1.54) is 0 Å². The Morgan fingerprint density at radius 2 is 1.68 bits per heavy atom. The zero-order valence-corrected chi connectivity index (χ0v) is 18.9. The standard InChI is InChI=1S/C22H32F2N2O5/c1-21(2,3)30-19(27)25-11-13-9-17(26-20(28)31-22(4,5)6)18(29-12-13)15-10-14(23)7-8-16(15)24/h7-8,10,13,17-18H,9,11-12H2,1-6H3,(H,25,27)(H,26,28)/t13-,17-,18+/m0/s1. The van der Waals surface area contributed by atoms with Gasteiger partial charge < -0.3 is 24.8 Å². The molecule has 1 aromatic rings. The maximum atomic E-state index is 14.4. The molecule has 0 radical (unpaired) electrons. The Morgan fingerprint density at radius 1 is 1.06 bits per heavy atom. The number of nitrogens with one attached hydrogen (secondary N) is 2. The number of carbonyl (C=O) groups is 2. The molecule has 1 aromatic carbocycles. The lowest BCUT2D eigenvalue weighted by Gasteiger charge is -2.37. The van der Waals surface area contributed by atoms with Crippen LogP contribution in [0.25, 0.3) is 0 Å². The maximum absolute atomic E-state index is 14.4. The first-order chi connectivity index (χ1) is 14.2. The number of rotatable bonds is 4. The summed E-state index contributed by atoms with van der Waals surface area (Å²) in [6.07, 6.45) is -1.80. The Morgan fingerprint density at radius 3 is 2.29 bits per heavy atom. The van der Waals surface area contributed by atoms with Gasteiger partial charge in [0.25, 0.3) is 0 Å². The predicted octanol–water partition coefficient (Wildman–Crippen LogP) is 4.46. The number of carbonyl (C=O) groups excluding carboxylic acids is 2. The Kier molecular flexibility index (Phi) is 7.86. The molecule has 2 rings (SSSR count). The molecule has 2 N–H and O–H groups in total. The van der Waals surface area contributed by atoms with Crippen molar-refractivity contribution in [2.45, 2.75) is 71.3 Å². The first-order valence-corrected chi connectivity index (χ1v) is 10.3. The molecule has 174 valence electrons. The quantitative estimate of drug-likeness (QED) is 0.719. The van der Waals surface area contributed by atoms with Crippen LogP contribution in [0.3, 0.4) is 0 Å². The van der Waals surface area contributed by atoms with Crippen molar-refractivity contribution in [2.75, 3.05) is 13.2 Å². The molecule has 1 heterocycles. The van der Waals surface area contributed by atoms with Crippen molar-refractivity contribution in [3.05, 3.63) is 35.4 Å². The van der Waals surface area contributed by atoms with Gasteiger partial charge in [-0.25, -0.2) is 18.4 Å². The first-order valence-electron chi connectivity index (χ1n) is 10.3. The van der Waals surface area contributed by atoms with E-state index in [2.05, 4.69) is 10.6 Å². The van der Waals surface area contributed by atoms with Gasteiger partial charge in [-0.05, 0) is 66.2 Å². The van der Waals surface area contributed by atoms with E-state index in [9.17, 15) is 18.4 Å². The van der Waals surface area contributed by atoms with Crippen LogP contribution < -0.4 is 10.6 Å². The number of halogens is 2. The molecule has 7 nitrogen and oxygen atoms in total. The summed E-state index contributed by atoms with van der Waals surface area (Å²) < 4.78 is 44.5. The topological polar surface area (TPSA) is 85.9 Å². The second kappa shape index (κ2) is 9.80. The van der Waals surface area contributed by atoms with Gasteiger partial charge in [0.2, 0.25) is 0 Å². The van der Waals surface area contributed by atoms with Crippen molar-refractivity contribution < 1.29 is 32.6 Å². The summed E-state index contributed by atoms with van der Waals surface area (Å²) in [5, 5.41) is 5.38. The highest BCUT2D eigenvalue weighted by Gasteiger charge is 2.36. The number of ether oxygens (including phenoxy) is 3. The third kappa shape index (κ3) is 8.32. The van der Waals surface area contributed by atoms with E-state index < -0.39 is 47.2 Å². The summed E-state index contributed by atoms with van der Waals surface area (Å²) >= 11 is 0. The number of benzene rings is 1. The van der Waals surface area contributed by atoms with Gasteiger partial charge in [-0.3, -0.25) is 0 Å². The van der Waals surface area contributed by atoms with Gasteiger partial charge in [-0.1, -0.05) is 0 Å². The zero-order valence-electron chi connectivity index (χ0n) is 18.9. The van der Waals surface area contributed by atoms with Crippen molar-refractivity contribution in [3.8, 4) is 0 Å². The van der Waals surface area contributed by atoms with Crippen LogP contribution >= 0.6 is 0 Å². The largest absolute Gasteiger partial charge is 0.444 e. The Balaban J connectivity index is 2.12. The molecule has 0 saturated carbocycles. The van der Waals surface area contributed by atoms with Gasteiger partial charge in [0.1, 0.15) is 28.9 Å². The van der Waals surface area contributed by atoms with Gasteiger partial charge in [0.15, 0.2) is 0 Å². The molecule has 31 heavy (non-hydrogen) atoms. The van der Waals surface area contributed by atoms with Crippen molar-refractivity contribution in [3.63, 3.8) is 0 Å². The SMILES string of the molecule is CC(C)(C)OC(=O)NC[C@H]1CO[C@H](c2cc(F)ccc2F)[C@@H](NC(=O)OC(C)(C)C)C1. The summed E-state index contributed by atoms with van der Waals surface area (Å²) in [5.41, 5.74) is -1.34. The van der Waals surface area contributed by atoms with Crippen molar-refractivity contribution in [1.82, 2.24) is 10.6 Å². The molecular weight excluding hydrogens is 410 g/mol. The Hall–Kier alpha value is -2.42. The van der Waals surface area contributed by atoms with Crippen LogP contribution in [0, 0.1) is 17.6 Å². The third-order valence-corrected chi connectivity index (χ3v) is 4.36. The first kappa shape index (κ1) is 24.8. The van der Waals surface area contributed by atoms with E-state index in [0.717, 1.165) is 18.2 Å². The smallest absolute Gasteiger partial charge is 0.407 e. The zero-order chi connectivity index (χ0) is 23.4. The third-order valence-electron chi connectivity index (χ3n) is 4.36. The van der Waals surface area contributed by atoms with E-state index in [1.54, 1.807) is 41.5 Å². The van der Waals surface area contributed by atoms with Crippen LogP contribution in [-0.4, -0.2) is 42.6 Å². The van der Waals surface area contributed by atoms with Crippen molar-refractivity contribution >= 4 is 12.2 Å². The molecule has 0 aromatic heterocycles. The summed E-state index contributed by atoms with van der Waals surface area (Å²) in [4.78, 5) is 24.3. The molecule has 0 spiro atoms. The second-order valence-electron chi connectivity index (χ2n) is 9.66. The molecule has 3 atom stereocenters. The fraction of sp³-hybridized carbons (Fsp3) is 0.636. The van der Waals surface area contributed by atoms with E-state index in [0.29, 0.717) is 6.42 Å². The number of hydrogen-bond acceptors (Lipinski definition) is 5. The highest BCUT2D eigenvalue weighted by Crippen LogP contribution is 2.33. The fourth-order valence-electron chi connectivity index (χ4n) is 3.22. The minimum atomic E-state index is -0.902. The molecule has 1 fully saturated rings. The normalized spacial score (nSPS) is 21.9. The average molecular weight is 443 g/mol. The lowest BCUT2D eigenvalue weighted by Crippen LogP contribution is -2.49. The Labute approximate surface area is 181 Å². The summed E-state index contributed by atoms with van der Waals surface area (Å²) in [7, 11) is 0.